The van der Waals surface area contributed by atoms with Gasteiger partial charge in [-0.25, -0.2) is 0 Å². The molecule has 102 valence electrons. The zero-order valence-corrected chi connectivity index (χ0v) is 11.1. The molecule has 0 saturated carbocycles. The first-order chi connectivity index (χ1) is 7.95. The normalized spacial score (nSPS) is 13.5. The molecule has 1 atom stereocenters. The van der Waals surface area contributed by atoms with Crippen LogP contribution in [0.3, 0.4) is 0 Å². The van der Waals surface area contributed by atoms with Crippen LogP contribution in [0.25, 0.3) is 0 Å². The van der Waals surface area contributed by atoms with Crippen LogP contribution in [-0.2, 0) is 4.79 Å². The standard InChI is InChI=1S/C12H26N2O3/c1-4-6-13-7-5-8-14-11(17)10(16)12(2,3)9-15/h10,13,15-16H,4-9H2,1-3H3,(H,14,17)/t10-/m0/s1. The highest BCUT2D eigenvalue weighted by Gasteiger charge is 2.32. The van der Waals surface area contributed by atoms with E-state index in [1.54, 1.807) is 13.8 Å². The zero-order valence-electron chi connectivity index (χ0n) is 11.1. The van der Waals surface area contributed by atoms with Crippen LogP contribution in [0, 0.1) is 5.41 Å². The summed E-state index contributed by atoms with van der Waals surface area (Å²) in [5.41, 5.74) is -0.801. The summed E-state index contributed by atoms with van der Waals surface area (Å²) in [5, 5.41) is 24.6. The lowest BCUT2D eigenvalue weighted by Gasteiger charge is -2.27. The first kappa shape index (κ1) is 16.4. The van der Waals surface area contributed by atoms with Crippen molar-refractivity contribution in [3.63, 3.8) is 0 Å². The molecule has 0 aromatic rings. The maximum atomic E-state index is 11.5. The Hall–Kier alpha value is -0.650. The van der Waals surface area contributed by atoms with Crippen LogP contribution in [0.5, 0.6) is 0 Å². The lowest BCUT2D eigenvalue weighted by Crippen LogP contribution is -2.46. The minimum absolute atomic E-state index is 0.223. The molecule has 0 aromatic heterocycles. The zero-order chi connectivity index (χ0) is 13.3. The number of amides is 1. The van der Waals surface area contributed by atoms with Gasteiger partial charge in [-0.15, -0.1) is 0 Å². The fraction of sp³-hybridized carbons (Fsp3) is 0.917. The van der Waals surface area contributed by atoms with E-state index in [0.717, 1.165) is 25.9 Å². The van der Waals surface area contributed by atoms with Gasteiger partial charge in [0.05, 0.1) is 6.61 Å². The predicted octanol–water partition coefficient (Wildman–Crippen LogP) is -0.128. The summed E-state index contributed by atoms with van der Waals surface area (Å²) < 4.78 is 0. The average molecular weight is 246 g/mol. The first-order valence-corrected chi connectivity index (χ1v) is 6.23. The molecule has 0 bridgehead atoms. The highest BCUT2D eigenvalue weighted by atomic mass is 16.3. The Bertz CT molecular complexity index is 220. The van der Waals surface area contributed by atoms with E-state index in [-0.39, 0.29) is 6.61 Å². The predicted molar refractivity (Wildman–Crippen MR) is 67.7 cm³/mol. The Labute approximate surface area is 104 Å². The van der Waals surface area contributed by atoms with Crippen LogP contribution < -0.4 is 10.6 Å². The number of rotatable bonds is 9. The third-order valence-electron chi connectivity index (χ3n) is 2.65. The number of nitrogens with one attached hydrogen (secondary N) is 2. The van der Waals surface area contributed by atoms with Gasteiger partial charge in [0, 0.05) is 12.0 Å². The third-order valence-corrected chi connectivity index (χ3v) is 2.65. The van der Waals surface area contributed by atoms with Crippen molar-refractivity contribution in [3.05, 3.63) is 0 Å². The molecule has 5 nitrogen and oxygen atoms in total. The van der Waals surface area contributed by atoms with Gasteiger partial charge in [-0.05, 0) is 25.9 Å². The van der Waals surface area contributed by atoms with Gasteiger partial charge in [0.1, 0.15) is 6.10 Å². The molecule has 0 saturated heterocycles. The monoisotopic (exact) mass is 246 g/mol. The molecule has 0 aliphatic carbocycles. The largest absolute Gasteiger partial charge is 0.396 e. The van der Waals surface area contributed by atoms with Gasteiger partial charge in [-0.1, -0.05) is 20.8 Å². The first-order valence-electron chi connectivity index (χ1n) is 6.23. The number of aliphatic hydroxyl groups excluding tert-OH is 2. The summed E-state index contributed by atoms with van der Waals surface area (Å²) in [6.45, 7) is 7.55. The van der Waals surface area contributed by atoms with Gasteiger partial charge in [-0.3, -0.25) is 4.79 Å². The van der Waals surface area contributed by atoms with Crippen molar-refractivity contribution in [2.45, 2.75) is 39.7 Å². The second-order valence-corrected chi connectivity index (χ2v) is 4.94. The van der Waals surface area contributed by atoms with E-state index in [4.69, 9.17) is 5.11 Å². The molecule has 17 heavy (non-hydrogen) atoms. The molecule has 1 amide bonds. The van der Waals surface area contributed by atoms with Gasteiger partial charge in [0.25, 0.3) is 0 Å². The van der Waals surface area contributed by atoms with Gasteiger partial charge < -0.3 is 20.8 Å². The second kappa shape index (κ2) is 8.44. The van der Waals surface area contributed by atoms with Gasteiger partial charge in [-0.2, -0.15) is 0 Å². The fourth-order valence-electron chi connectivity index (χ4n) is 1.26. The summed E-state index contributed by atoms with van der Waals surface area (Å²) in [4.78, 5) is 11.5. The molecule has 0 aliphatic rings. The SMILES string of the molecule is CCCNCCCNC(=O)[C@H](O)C(C)(C)CO. The van der Waals surface area contributed by atoms with E-state index in [2.05, 4.69) is 17.6 Å². The van der Waals surface area contributed by atoms with Crippen LogP contribution in [0.1, 0.15) is 33.6 Å². The van der Waals surface area contributed by atoms with E-state index in [1.807, 2.05) is 0 Å². The molecule has 0 heterocycles. The van der Waals surface area contributed by atoms with Crippen LogP contribution in [0.15, 0.2) is 0 Å². The molecule has 0 aliphatic heterocycles. The molecular formula is C12H26N2O3. The van der Waals surface area contributed by atoms with E-state index >= 15 is 0 Å². The van der Waals surface area contributed by atoms with Crippen molar-refractivity contribution in [1.82, 2.24) is 10.6 Å². The molecule has 0 aromatic carbocycles. The van der Waals surface area contributed by atoms with Gasteiger partial charge in [0.15, 0.2) is 0 Å². The molecular weight excluding hydrogens is 220 g/mol. The van der Waals surface area contributed by atoms with Crippen molar-refractivity contribution in [2.24, 2.45) is 5.41 Å². The second-order valence-electron chi connectivity index (χ2n) is 4.94. The van der Waals surface area contributed by atoms with Crippen LogP contribution in [0.2, 0.25) is 0 Å². The fourth-order valence-corrected chi connectivity index (χ4v) is 1.26. The number of hydrogen-bond acceptors (Lipinski definition) is 4. The summed E-state index contributed by atoms with van der Waals surface area (Å²) in [6.07, 6.45) is 0.754. The Morgan fingerprint density at radius 1 is 1.29 bits per heavy atom. The molecule has 4 N–H and O–H groups in total. The maximum absolute atomic E-state index is 11.5. The molecule has 0 unspecified atom stereocenters. The molecule has 0 radical (unpaired) electrons. The Balaban J connectivity index is 3.72. The topological polar surface area (TPSA) is 81.6 Å². The van der Waals surface area contributed by atoms with E-state index in [1.165, 1.54) is 0 Å². The summed E-state index contributed by atoms with van der Waals surface area (Å²) in [7, 11) is 0. The lowest BCUT2D eigenvalue weighted by molar-refractivity contribution is -0.137. The van der Waals surface area contributed by atoms with Gasteiger partial charge in [0.2, 0.25) is 5.91 Å². The Morgan fingerprint density at radius 3 is 2.47 bits per heavy atom. The molecule has 0 spiro atoms. The van der Waals surface area contributed by atoms with Crippen molar-refractivity contribution >= 4 is 5.91 Å². The van der Waals surface area contributed by atoms with Gasteiger partial charge >= 0.3 is 0 Å². The Kier molecular flexibility index (Phi) is 8.12. The number of aliphatic hydroxyl groups is 2. The Morgan fingerprint density at radius 2 is 1.94 bits per heavy atom. The minimum Gasteiger partial charge on any atom is -0.396 e. The van der Waals surface area contributed by atoms with Crippen molar-refractivity contribution < 1.29 is 15.0 Å². The summed E-state index contributed by atoms with van der Waals surface area (Å²) >= 11 is 0. The van der Waals surface area contributed by atoms with E-state index < -0.39 is 17.4 Å². The maximum Gasteiger partial charge on any atom is 0.249 e. The van der Waals surface area contributed by atoms with Crippen molar-refractivity contribution in [1.29, 1.82) is 0 Å². The van der Waals surface area contributed by atoms with Crippen LogP contribution >= 0.6 is 0 Å². The van der Waals surface area contributed by atoms with Crippen molar-refractivity contribution in [2.75, 3.05) is 26.2 Å². The number of carbonyl (C=O) groups is 1. The highest BCUT2D eigenvalue weighted by Crippen LogP contribution is 2.19. The minimum atomic E-state index is -1.17. The smallest absolute Gasteiger partial charge is 0.249 e. The third kappa shape index (κ3) is 6.61. The lowest BCUT2D eigenvalue weighted by atomic mass is 9.87. The average Bonchev–Trinajstić information content (AvgIpc) is 2.32. The van der Waals surface area contributed by atoms with E-state index in [0.29, 0.717) is 6.54 Å². The quantitative estimate of drug-likeness (QED) is 0.427. The summed E-state index contributed by atoms with van der Waals surface area (Å²) in [5.74, 6) is -0.417. The van der Waals surface area contributed by atoms with Crippen LogP contribution in [0.4, 0.5) is 0 Å². The van der Waals surface area contributed by atoms with Crippen molar-refractivity contribution in [3.8, 4) is 0 Å². The number of carbonyl (C=O) groups excluding carboxylic acids is 1. The van der Waals surface area contributed by atoms with E-state index in [9.17, 15) is 9.90 Å². The molecule has 0 rings (SSSR count). The summed E-state index contributed by atoms with van der Waals surface area (Å²) in [6, 6.07) is 0. The number of hydrogen-bond donors (Lipinski definition) is 4. The highest BCUT2D eigenvalue weighted by molar-refractivity contribution is 5.81. The molecule has 5 heteroatoms. The van der Waals surface area contributed by atoms with Crippen LogP contribution in [-0.4, -0.2) is 48.5 Å². The molecule has 0 fully saturated rings.